The average molecular weight is 217 g/mol. The molecule has 1 aromatic rings. The lowest BCUT2D eigenvalue weighted by atomic mass is 9.88. The Morgan fingerprint density at radius 2 is 2.19 bits per heavy atom. The number of piperidine rings is 1. The number of rotatable bonds is 3. The summed E-state index contributed by atoms with van der Waals surface area (Å²) < 4.78 is 0. The van der Waals surface area contributed by atoms with Gasteiger partial charge in [-0.1, -0.05) is 13.3 Å². The molecule has 1 unspecified atom stereocenters. The lowest BCUT2D eigenvalue weighted by Crippen LogP contribution is -2.23. The van der Waals surface area contributed by atoms with Crippen molar-refractivity contribution < 1.29 is 0 Å². The van der Waals surface area contributed by atoms with Gasteiger partial charge in [-0.15, -0.1) is 0 Å². The van der Waals surface area contributed by atoms with E-state index in [1.165, 1.54) is 37.4 Å². The summed E-state index contributed by atoms with van der Waals surface area (Å²) in [5.74, 6) is 1.50. The van der Waals surface area contributed by atoms with Gasteiger partial charge in [-0.3, -0.25) is 9.97 Å². The zero-order valence-electron chi connectivity index (χ0n) is 9.89. The zero-order valence-corrected chi connectivity index (χ0v) is 9.89. The quantitative estimate of drug-likeness (QED) is 0.773. The molecule has 3 nitrogen and oxygen atoms in total. The fraction of sp³-hybridized carbons (Fsp3) is 0.692. The molecule has 86 valence electrons. The van der Waals surface area contributed by atoms with E-state index in [9.17, 15) is 0 Å². The molecule has 3 heterocycles. The van der Waals surface area contributed by atoms with Crippen LogP contribution in [0.4, 0.5) is 0 Å². The fourth-order valence-corrected chi connectivity index (χ4v) is 3.21. The van der Waals surface area contributed by atoms with E-state index in [2.05, 4.69) is 21.8 Å². The third-order valence-corrected chi connectivity index (χ3v) is 3.98. The molecule has 3 heteroatoms. The number of hydrogen-bond acceptors (Lipinski definition) is 3. The first-order valence-electron chi connectivity index (χ1n) is 6.40. The normalized spacial score (nSPS) is 32.2. The lowest BCUT2D eigenvalue weighted by molar-refractivity contribution is 0.342. The zero-order chi connectivity index (χ0) is 11.0. The van der Waals surface area contributed by atoms with Gasteiger partial charge in [0.1, 0.15) is 0 Å². The maximum Gasteiger partial charge on any atom is 0.0665 e. The van der Waals surface area contributed by atoms with E-state index in [4.69, 9.17) is 0 Å². The van der Waals surface area contributed by atoms with Crippen LogP contribution in [0.1, 0.15) is 37.1 Å². The smallest absolute Gasteiger partial charge is 0.0665 e. The first-order chi connectivity index (χ1) is 7.88. The van der Waals surface area contributed by atoms with Crippen molar-refractivity contribution in [3.63, 3.8) is 0 Å². The van der Waals surface area contributed by atoms with Crippen LogP contribution < -0.4 is 0 Å². The molecule has 1 aromatic heterocycles. The van der Waals surface area contributed by atoms with Crippen molar-refractivity contribution >= 4 is 0 Å². The highest BCUT2D eigenvalue weighted by atomic mass is 15.2. The molecular formula is C13H19N3. The van der Waals surface area contributed by atoms with Crippen LogP contribution in [0.25, 0.3) is 0 Å². The van der Waals surface area contributed by atoms with Gasteiger partial charge in [0.2, 0.25) is 0 Å². The van der Waals surface area contributed by atoms with E-state index in [1.54, 1.807) is 0 Å². The Hall–Kier alpha value is -0.960. The van der Waals surface area contributed by atoms with Crippen LogP contribution in [0, 0.1) is 5.92 Å². The van der Waals surface area contributed by atoms with E-state index in [0.29, 0.717) is 5.92 Å². The van der Waals surface area contributed by atoms with Crippen LogP contribution >= 0.6 is 0 Å². The number of aromatic nitrogens is 2. The van der Waals surface area contributed by atoms with Crippen molar-refractivity contribution in [2.45, 2.75) is 32.1 Å². The second-order valence-electron chi connectivity index (χ2n) is 5.05. The summed E-state index contributed by atoms with van der Waals surface area (Å²) in [5.41, 5.74) is 2.53. The average Bonchev–Trinajstić information content (AvgIpc) is 2.92. The Morgan fingerprint density at radius 1 is 1.31 bits per heavy atom. The van der Waals surface area contributed by atoms with Gasteiger partial charge >= 0.3 is 0 Å². The molecule has 0 aliphatic carbocycles. The van der Waals surface area contributed by atoms with Crippen molar-refractivity contribution in [1.82, 2.24) is 14.9 Å². The van der Waals surface area contributed by atoms with Crippen LogP contribution in [0.15, 0.2) is 12.4 Å². The van der Waals surface area contributed by atoms with E-state index < -0.39 is 0 Å². The van der Waals surface area contributed by atoms with E-state index in [-0.39, 0.29) is 0 Å². The van der Waals surface area contributed by atoms with Crippen molar-refractivity contribution in [2.24, 2.45) is 5.92 Å². The highest BCUT2D eigenvalue weighted by Gasteiger charge is 2.40. The van der Waals surface area contributed by atoms with Gasteiger partial charge < -0.3 is 4.90 Å². The Labute approximate surface area is 96.9 Å². The molecule has 2 bridgehead atoms. The molecule has 0 N–H and O–H groups in total. The molecule has 0 radical (unpaired) electrons. The number of aryl methyl sites for hydroxylation is 1. The molecule has 3 rings (SSSR count). The first-order valence-corrected chi connectivity index (χ1v) is 6.40. The van der Waals surface area contributed by atoms with E-state index in [0.717, 1.165) is 18.8 Å². The fourth-order valence-electron chi connectivity index (χ4n) is 3.21. The van der Waals surface area contributed by atoms with Gasteiger partial charge in [-0.05, 0) is 25.3 Å². The number of nitrogens with zero attached hydrogens (tertiary/aromatic N) is 3. The highest BCUT2D eigenvalue weighted by Crippen LogP contribution is 2.39. The van der Waals surface area contributed by atoms with Crippen LogP contribution in [-0.2, 0) is 6.42 Å². The monoisotopic (exact) mass is 217 g/mol. The summed E-state index contributed by atoms with van der Waals surface area (Å²) in [5, 5.41) is 0. The SMILES string of the molecule is CCCc1nccnc1[C@@H]1CN2CC[C@H]1C2. The Kier molecular flexibility index (Phi) is 2.64. The molecule has 0 spiro atoms. The summed E-state index contributed by atoms with van der Waals surface area (Å²) in [6, 6.07) is 0. The molecule has 0 saturated carbocycles. The Morgan fingerprint density at radius 3 is 2.88 bits per heavy atom. The predicted octanol–water partition coefficient (Wildman–Crippen LogP) is 1.85. The highest BCUT2D eigenvalue weighted by molar-refractivity contribution is 5.20. The van der Waals surface area contributed by atoms with Crippen LogP contribution in [0.3, 0.4) is 0 Å². The maximum absolute atomic E-state index is 4.61. The first kappa shape index (κ1) is 10.2. The summed E-state index contributed by atoms with van der Waals surface area (Å²) in [6.07, 6.45) is 7.28. The van der Waals surface area contributed by atoms with Crippen LogP contribution in [-0.4, -0.2) is 34.5 Å². The number of hydrogen-bond donors (Lipinski definition) is 0. The lowest BCUT2D eigenvalue weighted by Gasteiger charge is -2.22. The second-order valence-corrected chi connectivity index (χ2v) is 5.05. The van der Waals surface area contributed by atoms with Crippen LogP contribution in [0.2, 0.25) is 0 Å². The molecule has 2 saturated heterocycles. The minimum Gasteiger partial charge on any atom is -0.302 e. The molecular weight excluding hydrogens is 198 g/mol. The van der Waals surface area contributed by atoms with Gasteiger partial charge in [-0.2, -0.15) is 0 Å². The van der Waals surface area contributed by atoms with Gasteiger partial charge in [0.15, 0.2) is 0 Å². The Balaban J connectivity index is 1.88. The molecule has 2 aliphatic rings. The van der Waals surface area contributed by atoms with Crippen molar-refractivity contribution in [3.8, 4) is 0 Å². The van der Waals surface area contributed by atoms with Gasteiger partial charge in [0.05, 0.1) is 11.4 Å². The predicted molar refractivity (Wildman–Crippen MR) is 63.3 cm³/mol. The molecule has 3 atom stereocenters. The third kappa shape index (κ3) is 1.63. The summed E-state index contributed by atoms with van der Waals surface area (Å²) in [7, 11) is 0. The number of fused-ring (bicyclic) bond motifs is 2. The van der Waals surface area contributed by atoms with Crippen molar-refractivity contribution in [3.05, 3.63) is 23.8 Å². The summed E-state index contributed by atoms with van der Waals surface area (Å²) >= 11 is 0. The van der Waals surface area contributed by atoms with E-state index >= 15 is 0 Å². The largest absolute Gasteiger partial charge is 0.302 e. The summed E-state index contributed by atoms with van der Waals surface area (Å²) in [4.78, 5) is 11.7. The molecule has 0 aromatic carbocycles. The standard InChI is InChI=1S/C13H19N3/c1-2-3-12-13(15-6-5-14-12)11-9-16-7-4-10(11)8-16/h5-6,10-11H,2-4,7-9H2,1H3/t10-,11+/m0/s1. The minimum absolute atomic E-state index is 0.656. The van der Waals surface area contributed by atoms with Gasteiger partial charge in [-0.25, -0.2) is 0 Å². The van der Waals surface area contributed by atoms with E-state index in [1.807, 2.05) is 12.4 Å². The Bertz CT molecular complexity index is 377. The topological polar surface area (TPSA) is 29.0 Å². The molecule has 2 fully saturated rings. The van der Waals surface area contributed by atoms with Crippen molar-refractivity contribution in [2.75, 3.05) is 19.6 Å². The third-order valence-electron chi connectivity index (χ3n) is 3.98. The van der Waals surface area contributed by atoms with Crippen LogP contribution in [0.5, 0.6) is 0 Å². The summed E-state index contributed by atoms with van der Waals surface area (Å²) in [6.45, 7) is 6.00. The molecule has 2 aliphatic heterocycles. The minimum atomic E-state index is 0.656. The maximum atomic E-state index is 4.61. The van der Waals surface area contributed by atoms with Gasteiger partial charge in [0, 0.05) is 31.4 Å². The second kappa shape index (κ2) is 4.13. The van der Waals surface area contributed by atoms with Gasteiger partial charge in [0.25, 0.3) is 0 Å². The molecule has 0 amide bonds. The molecule has 16 heavy (non-hydrogen) atoms. The van der Waals surface area contributed by atoms with Crippen molar-refractivity contribution in [1.29, 1.82) is 0 Å².